The molecule has 0 bridgehead atoms. The third-order valence-electron chi connectivity index (χ3n) is 5.93. The number of hydrogen-bond acceptors (Lipinski definition) is 4. The van der Waals surface area contributed by atoms with Crippen LogP contribution in [0.5, 0.6) is 11.5 Å². The van der Waals surface area contributed by atoms with Crippen molar-refractivity contribution in [3.63, 3.8) is 0 Å². The minimum Gasteiger partial charge on any atom is -0.496 e. The zero-order valence-electron chi connectivity index (χ0n) is 19.4. The fourth-order valence-electron chi connectivity index (χ4n) is 4.46. The molecule has 3 aromatic rings. The highest BCUT2D eigenvalue weighted by Gasteiger charge is 2.19. The Bertz CT molecular complexity index is 1080. The lowest BCUT2D eigenvalue weighted by Gasteiger charge is -2.22. The molecular formula is C28H31NO3. The number of hydrogen-bond donors (Lipinski definition) is 0. The highest BCUT2D eigenvalue weighted by atomic mass is 16.5. The number of aryl methyl sites for hydroxylation is 3. The fraction of sp³-hybridized carbons (Fsp3) is 0.321. The van der Waals surface area contributed by atoms with Gasteiger partial charge >= 0.3 is 0 Å². The normalized spacial score (nSPS) is 15.3. The van der Waals surface area contributed by atoms with Crippen molar-refractivity contribution in [1.82, 2.24) is 0 Å². The van der Waals surface area contributed by atoms with Gasteiger partial charge in [0.1, 0.15) is 17.6 Å². The summed E-state index contributed by atoms with van der Waals surface area (Å²) >= 11 is 0. The lowest BCUT2D eigenvalue weighted by Crippen LogP contribution is -2.15. The van der Waals surface area contributed by atoms with Gasteiger partial charge in [-0.05, 0) is 79.6 Å². The van der Waals surface area contributed by atoms with Crippen molar-refractivity contribution in [2.45, 2.75) is 39.2 Å². The van der Waals surface area contributed by atoms with Crippen LogP contribution >= 0.6 is 0 Å². The summed E-state index contributed by atoms with van der Waals surface area (Å²) in [5, 5.41) is 0. The monoisotopic (exact) mass is 429 g/mol. The Labute approximate surface area is 190 Å². The van der Waals surface area contributed by atoms with Crippen LogP contribution in [0.1, 0.15) is 46.8 Å². The van der Waals surface area contributed by atoms with Crippen LogP contribution in [0, 0.1) is 13.8 Å². The second kappa shape index (κ2) is 10.0. The highest BCUT2D eigenvalue weighted by molar-refractivity contribution is 6.04. The van der Waals surface area contributed by atoms with Crippen LogP contribution in [0.25, 0.3) is 0 Å². The number of methoxy groups -OCH3 is 2. The third-order valence-corrected chi connectivity index (χ3v) is 5.93. The average Bonchev–Trinajstić information content (AvgIpc) is 2.79. The van der Waals surface area contributed by atoms with E-state index in [-0.39, 0.29) is 6.10 Å². The average molecular weight is 430 g/mol. The predicted octanol–water partition coefficient (Wildman–Crippen LogP) is 6.54. The van der Waals surface area contributed by atoms with E-state index < -0.39 is 0 Å². The van der Waals surface area contributed by atoms with Gasteiger partial charge in [-0.25, -0.2) is 0 Å². The molecule has 0 amide bonds. The van der Waals surface area contributed by atoms with Gasteiger partial charge in [-0.2, -0.15) is 0 Å². The molecule has 1 atom stereocenters. The van der Waals surface area contributed by atoms with Crippen molar-refractivity contribution in [1.29, 1.82) is 0 Å². The number of fused-ring (bicyclic) bond motifs is 1. The minimum atomic E-state index is -0.157. The molecule has 0 aliphatic heterocycles. The largest absolute Gasteiger partial charge is 0.496 e. The zero-order chi connectivity index (χ0) is 22.5. The minimum absolute atomic E-state index is 0.157. The highest BCUT2D eigenvalue weighted by Crippen LogP contribution is 2.32. The van der Waals surface area contributed by atoms with Gasteiger partial charge in [0, 0.05) is 18.4 Å². The summed E-state index contributed by atoms with van der Waals surface area (Å²) in [6.45, 7) is 4.62. The Morgan fingerprint density at radius 2 is 1.66 bits per heavy atom. The van der Waals surface area contributed by atoms with E-state index in [1.165, 1.54) is 11.1 Å². The first kappa shape index (κ1) is 22.1. The summed E-state index contributed by atoms with van der Waals surface area (Å²) in [7, 11) is 3.42. The number of benzene rings is 3. The second-order valence-electron chi connectivity index (χ2n) is 8.32. The van der Waals surface area contributed by atoms with Gasteiger partial charge in [0.05, 0.1) is 19.4 Å². The van der Waals surface area contributed by atoms with Crippen molar-refractivity contribution >= 4 is 11.4 Å². The van der Waals surface area contributed by atoms with Crippen LogP contribution in [0.4, 0.5) is 5.69 Å². The molecule has 0 spiro atoms. The first-order valence-corrected chi connectivity index (χ1v) is 11.2. The molecule has 0 unspecified atom stereocenters. The smallest absolute Gasteiger partial charge is 0.147 e. The Hall–Kier alpha value is -3.11. The van der Waals surface area contributed by atoms with Gasteiger partial charge in [0.25, 0.3) is 0 Å². The number of ether oxygens (including phenoxy) is 3. The summed E-state index contributed by atoms with van der Waals surface area (Å²) in [4.78, 5) is 5.05. The molecule has 0 aromatic heterocycles. The lowest BCUT2D eigenvalue weighted by atomic mass is 9.89. The van der Waals surface area contributed by atoms with E-state index >= 15 is 0 Å². The van der Waals surface area contributed by atoms with Gasteiger partial charge in [0.2, 0.25) is 0 Å². The zero-order valence-corrected chi connectivity index (χ0v) is 19.4. The summed E-state index contributed by atoms with van der Waals surface area (Å²) in [6, 6.07) is 20.8. The molecule has 0 saturated heterocycles. The molecule has 0 fully saturated rings. The molecule has 0 radical (unpaired) electrons. The van der Waals surface area contributed by atoms with Crippen LogP contribution in [0.2, 0.25) is 0 Å². The fourth-order valence-corrected chi connectivity index (χ4v) is 4.46. The van der Waals surface area contributed by atoms with Crippen LogP contribution in [-0.2, 0) is 11.2 Å². The summed E-state index contributed by atoms with van der Waals surface area (Å²) in [5.41, 5.74) is 7.90. The first-order chi connectivity index (χ1) is 15.6. The van der Waals surface area contributed by atoms with Crippen LogP contribution in [-0.4, -0.2) is 26.5 Å². The first-order valence-electron chi connectivity index (χ1n) is 11.2. The quantitative estimate of drug-likeness (QED) is 0.428. The Balaban J connectivity index is 1.66. The van der Waals surface area contributed by atoms with Gasteiger partial charge in [-0.3, -0.25) is 4.99 Å². The summed E-state index contributed by atoms with van der Waals surface area (Å²) < 4.78 is 17.3. The molecule has 4 heteroatoms. The van der Waals surface area contributed by atoms with Crippen LogP contribution in [0.15, 0.2) is 65.7 Å². The Morgan fingerprint density at radius 3 is 2.34 bits per heavy atom. The number of rotatable bonds is 7. The van der Waals surface area contributed by atoms with Crippen LogP contribution in [0.3, 0.4) is 0 Å². The van der Waals surface area contributed by atoms with Crippen molar-refractivity contribution in [2.24, 2.45) is 4.99 Å². The van der Waals surface area contributed by atoms with E-state index in [2.05, 4.69) is 56.3 Å². The van der Waals surface area contributed by atoms with Gasteiger partial charge in [0.15, 0.2) is 0 Å². The molecule has 1 aliphatic carbocycles. The molecule has 4 nitrogen and oxygen atoms in total. The topological polar surface area (TPSA) is 40.0 Å². The van der Waals surface area contributed by atoms with E-state index in [0.29, 0.717) is 6.61 Å². The standard InChI is InChI=1S/C28H31NO3/c1-19-15-23(16-20(2)28(19)31-4)29-26-12-8-11-21-13-14-24(17-25(21)26)32-27(18-30-3)22-9-6-5-7-10-22/h5-7,9-10,13-17,27H,8,11-12,18H2,1-4H3/b29-26+/t27-/m1/s1. The van der Waals surface area contributed by atoms with Crippen LogP contribution < -0.4 is 9.47 Å². The summed E-state index contributed by atoms with van der Waals surface area (Å²) in [5.74, 6) is 1.77. The lowest BCUT2D eigenvalue weighted by molar-refractivity contribution is 0.0810. The molecule has 3 aromatic carbocycles. The van der Waals surface area contributed by atoms with Crippen molar-refractivity contribution in [2.75, 3.05) is 20.8 Å². The predicted molar refractivity (Wildman–Crippen MR) is 130 cm³/mol. The maximum atomic E-state index is 6.38. The van der Waals surface area contributed by atoms with Gasteiger partial charge in [-0.1, -0.05) is 36.4 Å². The number of nitrogens with zero attached hydrogens (tertiary/aromatic N) is 1. The van der Waals surface area contributed by atoms with E-state index in [1.54, 1.807) is 14.2 Å². The second-order valence-corrected chi connectivity index (χ2v) is 8.32. The molecule has 0 heterocycles. The molecule has 32 heavy (non-hydrogen) atoms. The van der Waals surface area contributed by atoms with Crippen molar-refractivity contribution < 1.29 is 14.2 Å². The maximum Gasteiger partial charge on any atom is 0.147 e. The van der Waals surface area contributed by atoms with E-state index in [4.69, 9.17) is 19.2 Å². The SMILES string of the molecule is COC[C@@H](Oc1ccc2c(c1)/C(=N/c1cc(C)c(OC)c(C)c1)CCC2)c1ccccc1. The molecular weight excluding hydrogens is 398 g/mol. The molecule has 1 aliphatic rings. The molecule has 4 rings (SSSR count). The Morgan fingerprint density at radius 1 is 0.906 bits per heavy atom. The number of aliphatic imine (C=N–C) groups is 1. The third kappa shape index (κ3) is 4.86. The van der Waals surface area contributed by atoms with E-state index in [9.17, 15) is 0 Å². The van der Waals surface area contributed by atoms with Crippen molar-refractivity contribution in [3.05, 3.63) is 88.5 Å². The van der Waals surface area contributed by atoms with E-state index in [1.807, 2.05) is 18.2 Å². The summed E-state index contributed by atoms with van der Waals surface area (Å²) in [6.07, 6.45) is 2.97. The molecule has 166 valence electrons. The van der Waals surface area contributed by atoms with Gasteiger partial charge < -0.3 is 14.2 Å². The van der Waals surface area contributed by atoms with Gasteiger partial charge in [-0.15, -0.1) is 0 Å². The molecule has 0 saturated carbocycles. The maximum absolute atomic E-state index is 6.38. The van der Waals surface area contributed by atoms with E-state index in [0.717, 1.165) is 58.9 Å². The molecule has 0 N–H and O–H groups in total. The Kier molecular flexibility index (Phi) is 6.91. The van der Waals surface area contributed by atoms with Crippen molar-refractivity contribution in [3.8, 4) is 11.5 Å².